The molecule has 0 N–H and O–H groups in total. The fourth-order valence-corrected chi connectivity index (χ4v) is 5.60. The first-order valence-electron chi connectivity index (χ1n) is 7.77. The van der Waals surface area contributed by atoms with E-state index in [1.54, 1.807) is 0 Å². The SMILES string of the molecule is O=C1CCCC[C@@H]1[C@@H]1CCCN1S(=O)(=O)c1cnc(Cl)c(Cl)c1. The van der Waals surface area contributed by atoms with Crippen LogP contribution in [0.25, 0.3) is 0 Å². The molecule has 3 rings (SSSR count). The lowest BCUT2D eigenvalue weighted by atomic mass is 9.82. The van der Waals surface area contributed by atoms with E-state index in [1.165, 1.54) is 16.6 Å². The fourth-order valence-electron chi connectivity index (χ4n) is 3.56. The van der Waals surface area contributed by atoms with Crippen LogP contribution in [0, 0.1) is 5.92 Å². The van der Waals surface area contributed by atoms with Crippen molar-refractivity contribution in [3.63, 3.8) is 0 Å². The van der Waals surface area contributed by atoms with Gasteiger partial charge in [0, 0.05) is 31.1 Å². The molecule has 0 bridgehead atoms. The summed E-state index contributed by atoms with van der Waals surface area (Å²) in [6.07, 6.45) is 5.94. The molecule has 2 atom stereocenters. The van der Waals surface area contributed by atoms with E-state index in [9.17, 15) is 13.2 Å². The minimum absolute atomic E-state index is 0.0297. The molecule has 126 valence electrons. The van der Waals surface area contributed by atoms with Crippen molar-refractivity contribution in [2.24, 2.45) is 5.92 Å². The number of rotatable bonds is 3. The number of halogens is 2. The van der Waals surface area contributed by atoms with Gasteiger partial charge in [0.2, 0.25) is 10.0 Å². The number of nitrogens with zero attached hydrogens (tertiary/aromatic N) is 2. The third kappa shape index (κ3) is 3.27. The van der Waals surface area contributed by atoms with Gasteiger partial charge in [0.05, 0.1) is 5.02 Å². The molecule has 0 spiro atoms. The molecule has 1 saturated heterocycles. The molecule has 0 unspecified atom stereocenters. The van der Waals surface area contributed by atoms with E-state index in [1.807, 2.05) is 0 Å². The lowest BCUT2D eigenvalue weighted by Crippen LogP contribution is -2.43. The van der Waals surface area contributed by atoms with Gasteiger partial charge in [-0.25, -0.2) is 13.4 Å². The van der Waals surface area contributed by atoms with E-state index in [4.69, 9.17) is 23.2 Å². The van der Waals surface area contributed by atoms with Crippen molar-refractivity contribution in [1.82, 2.24) is 9.29 Å². The standard InChI is InChI=1S/C15H18Cl2N2O3S/c16-12-8-10(9-18-15(12)17)23(21,22)19-7-3-5-13(19)11-4-1-2-6-14(11)20/h8-9,11,13H,1-7H2/t11-,13+/m1/s1. The molecular weight excluding hydrogens is 359 g/mol. The van der Waals surface area contributed by atoms with Gasteiger partial charge in [-0.3, -0.25) is 4.79 Å². The largest absolute Gasteiger partial charge is 0.299 e. The quantitative estimate of drug-likeness (QED) is 0.758. The van der Waals surface area contributed by atoms with Gasteiger partial charge in [-0.15, -0.1) is 0 Å². The van der Waals surface area contributed by atoms with Crippen molar-refractivity contribution in [3.05, 3.63) is 22.4 Å². The Morgan fingerprint density at radius 3 is 2.65 bits per heavy atom. The molecule has 1 aliphatic heterocycles. The van der Waals surface area contributed by atoms with Crippen LogP contribution in [0.5, 0.6) is 0 Å². The summed E-state index contributed by atoms with van der Waals surface area (Å²) >= 11 is 11.7. The molecular formula is C15H18Cl2N2O3S. The smallest absolute Gasteiger partial charge is 0.244 e. The summed E-state index contributed by atoms with van der Waals surface area (Å²) in [7, 11) is -3.72. The molecule has 1 aliphatic carbocycles. The molecule has 1 aromatic heterocycles. The van der Waals surface area contributed by atoms with E-state index in [0.717, 1.165) is 32.1 Å². The first-order chi connectivity index (χ1) is 10.9. The Hall–Kier alpha value is -0.690. The second-order valence-corrected chi connectivity index (χ2v) is 8.74. The molecule has 1 aromatic rings. The number of hydrogen-bond donors (Lipinski definition) is 0. The summed E-state index contributed by atoms with van der Waals surface area (Å²) < 4.78 is 27.3. The first kappa shape index (κ1) is 17.1. The highest BCUT2D eigenvalue weighted by Gasteiger charge is 2.42. The molecule has 0 amide bonds. The van der Waals surface area contributed by atoms with Crippen LogP contribution < -0.4 is 0 Å². The van der Waals surface area contributed by atoms with Gasteiger partial charge in [-0.1, -0.05) is 29.6 Å². The zero-order valence-corrected chi connectivity index (χ0v) is 14.9. The van der Waals surface area contributed by atoms with Crippen molar-refractivity contribution in [3.8, 4) is 0 Å². The predicted molar refractivity (Wildman–Crippen MR) is 88.1 cm³/mol. The Kier molecular flexibility index (Phi) is 4.97. The van der Waals surface area contributed by atoms with Gasteiger partial charge >= 0.3 is 0 Å². The minimum Gasteiger partial charge on any atom is -0.299 e. The lowest BCUT2D eigenvalue weighted by molar-refractivity contribution is -0.126. The van der Waals surface area contributed by atoms with Crippen molar-refractivity contribution < 1.29 is 13.2 Å². The molecule has 5 nitrogen and oxygen atoms in total. The lowest BCUT2D eigenvalue weighted by Gasteiger charge is -2.32. The van der Waals surface area contributed by atoms with E-state index < -0.39 is 10.0 Å². The zero-order chi connectivity index (χ0) is 16.6. The van der Waals surface area contributed by atoms with Crippen LogP contribution in [0.4, 0.5) is 0 Å². The first-order valence-corrected chi connectivity index (χ1v) is 9.96. The number of sulfonamides is 1. The van der Waals surface area contributed by atoms with Gasteiger partial charge in [-0.05, 0) is 31.7 Å². The number of hydrogen-bond acceptors (Lipinski definition) is 4. The summed E-state index contributed by atoms with van der Waals surface area (Å²) in [6, 6.07) is 1.08. The summed E-state index contributed by atoms with van der Waals surface area (Å²) in [5, 5.41) is 0.184. The number of Topliss-reactive ketones (excluding diaryl/α,β-unsaturated/α-hetero) is 1. The molecule has 23 heavy (non-hydrogen) atoms. The molecule has 1 saturated carbocycles. The van der Waals surface area contributed by atoms with Gasteiger partial charge < -0.3 is 0 Å². The molecule has 0 radical (unpaired) electrons. The van der Waals surface area contributed by atoms with Crippen LogP contribution in [0.15, 0.2) is 17.2 Å². The van der Waals surface area contributed by atoms with E-state index in [2.05, 4.69) is 4.98 Å². The number of pyridine rings is 1. The highest BCUT2D eigenvalue weighted by atomic mass is 35.5. The second kappa shape index (κ2) is 6.67. The van der Waals surface area contributed by atoms with Crippen molar-refractivity contribution in [2.75, 3.05) is 6.54 Å². The normalized spacial score (nSPS) is 26.6. The Morgan fingerprint density at radius 1 is 1.17 bits per heavy atom. The highest BCUT2D eigenvalue weighted by molar-refractivity contribution is 7.89. The van der Waals surface area contributed by atoms with Crippen LogP contribution in [0.3, 0.4) is 0 Å². The summed E-state index contributed by atoms with van der Waals surface area (Å²) in [5.41, 5.74) is 0. The molecule has 0 aromatic carbocycles. The van der Waals surface area contributed by atoms with Crippen LogP contribution in [0.2, 0.25) is 10.2 Å². The monoisotopic (exact) mass is 376 g/mol. The number of aromatic nitrogens is 1. The maximum atomic E-state index is 12.9. The van der Waals surface area contributed by atoms with Gasteiger partial charge in [0.15, 0.2) is 0 Å². The van der Waals surface area contributed by atoms with Crippen molar-refractivity contribution >= 4 is 39.0 Å². The van der Waals surface area contributed by atoms with Crippen molar-refractivity contribution in [2.45, 2.75) is 49.5 Å². The highest BCUT2D eigenvalue weighted by Crippen LogP contribution is 2.36. The topological polar surface area (TPSA) is 67.3 Å². The van der Waals surface area contributed by atoms with Gasteiger partial charge in [0.1, 0.15) is 15.8 Å². The Bertz CT molecular complexity index is 723. The summed E-state index contributed by atoms with van der Waals surface area (Å²) in [5.74, 6) is 0.00682. The average molecular weight is 377 g/mol. The van der Waals surface area contributed by atoms with Crippen LogP contribution in [0.1, 0.15) is 38.5 Å². The summed E-state index contributed by atoms with van der Waals surface area (Å²) in [4.78, 5) is 16.1. The Morgan fingerprint density at radius 2 is 1.96 bits per heavy atom. The van der Waals surface area contributed by atoms with Crippen molar-refractivity contribution in [1.29, 1.82) is 0 Å². The minimum atomic E-state index is -3.72. The molecule has 8 heteroatoms. The Labute approximate surface area is 146 Å². The maximum Gasteiger partial charge on any atom is 0.244 e. The van der Waals surface area contributed by atoms with Gasteiger partial charge in [-0.2, -0.15) is 4.31 Å². The number of carbonyl (C=O) groups is 1. The molecule has 2 heterocycles. The number of ketones is 1. The Balaban J connectivity index is 1.91. The second-order valence-electron chi connectivity index (χ2n) is 6.09. The van der Waals surface area contributed by atoms with E-state index in [-0.39, 0.29) is 32.8 Å². The predicted octanol–water partition coefficient (Wildman–Crippen LogP) is 3.30. The zero-order valence-electron chi connectivity index (χ0n) is 12.5. The van der Waals surface area contributed by atoms with Crippen LogP contribution in [-0.4, -0.2) is 36.1 Å². The fraction of sp³-hybridized carbons (Fsp3) is 0.600. The number of carbonyl (C=O) groups excluding carboxylic acids is 1. The third-order valence-electron chi connectivity index (χ3n) is 4.69. The van der Waals surface area contributed by atoms with Crippen LogP contribution >= 0.6 is 23.2 Å². The average Bonchev–Trinajstić information content (AvgIpc) is 3.00. The maximum absolute atomic E-state index is 12.9. The van der Waals surface area contributed by atoms with E-state index >= 15 is 0 Å². The van der Waals surface area contributed by atoms with Gasteiger partial charge in [0.25, 0.3) is 0 Å². The summed E-state index contributed by atoms with van der Waals surface area (Å²) in [6.45, 7) is 0.428. The molecule has 2 aliphatic rings. The third-order valence-corrected chi connectivity index (χ3v) is 7.27. The molecule has 2 fully saturated rings. The van der Waals surface area contributed by atoms with E-state index in [0.29, 0.717) is 13.0 Å². The van der Waals surface area contributed by atoms with Crippen LogP contribution in [-0.2, 0) is 14.8 Å².